The maximum atomic E-state index is 12.6. The number of hydrogen-bond donors (Lipinski definition) is 2. The number of carbonyl (C=O) groups excluding carboxylic acids is 1. The van der Waals surface area contributed by atoms with Gasteiger partial charge in [-0.2, -0.15) is 13.2 Å². The maximum Gasteiger partial charge on any atom is 0.490 e. The molecular weight excluding hydrogens is 265 g/mol. The number of primary amides is 1. The monoisotopic (exact) mass is 271 g/mol. The molecule has 1 aromatic rings. The highest BCUT2D eigenvalue weighted by atomic mass is 19.4. The molecule has 1 amide bonds. The van der Waals surface area contributed by atoms with E-state index in [2.05, 4.69) is 0 Å². The fourth-order valence-corrected chi connectivity index (χ4v) is 0.733. The van der Waals surface area contributed by atoms with Crippen LogP contribution in [0.15, 0.2) is 18.2 Å². The van der Waals surface area contributed by atoms with Crippen LogP contribution in [0.5, 0.6) is 0 Å². The number of benzene rings is 1. The third-order valence-corrected chi connectivity index (χ3v) is 1.45. The largest absolute Gasteiger partial charge is 0.490 e. The third kappa shape index (κ3) is 4.76. The van der Waals surface area contributed by atoms with Gasteiger partial charge in [0.25, 0.3) is 5.91 Å². The first-order valence-electron chi connectivity index (χ1n) is 4.11. The number of nitrogens with two attached hydrogens (primary N) is 1. The number of carboxylic acid groups (broad SMARTS) is 1. The van der Waals surface area contributed by atoms with E-state index in [4.69, 9.17) is 15.6 Å². The Hall–Kier alpha value is -2.19. The van der Waals surface area contributed by atoms with Crippen LogP contribution in [0.3, 0.4) is 0 Å². The molecule has 0 saturated carbocycles. The van der Waals surface area contributed by atoms with E-state index in [-0.39, 0.29) is 0 Å². The van der Waals surface area contributed by atoms with Gasteiger partial charge < -0.3 is 10.8 Å². The molecule has 3 N–H and O–H groups in total. The van der Waals surface area contributed by atoms with E-state index >= 15 is 0 Å². The van der Waals surface area contributed by atoms with Gasteiger partial charge in [0.2, 0.25) is 0 Å². The van der Waals surface area contributed by atoms with E-state index in [0.717, 1.165) is 18.2 Å². The van der Waals surface area contributed by atoms with Crippen LogP contribution >= 0.6 is 0 Å². The molecular formula is C9H6F5NO3. The van der Waals surface area contributed by atoms with Gasteiger partial charge >= 0.3 is 12.1 Å². The second kappa shape index (κ2) is 5.94. The van der Waals surface area contributed by atoms with Gasteiger partial charge in [-0.3, -0.25) is 4.79 Å². The average molecular weight is 271 g/mol. The predicted octanol–water partition coefficient (Wildman–Crippen LogP) is 1.70. The minimum Gasteiger partial charge on any atom is -0.475 e. The Balaban J connectivity index is 0.000000360. The van der Waals surface area contributed by atoms with Crippen molar-refractivity contribution in [3.05, 3.63) is 35.4 Å². The van der Waals surface area contributed by atoms with E-state index in [9.17, 15) is 26.7 Å². The minimum absolute atomic E-state index is 0.687. The van der Waals surface area contributed by atoms with Crippen LogP contribution in [-0.4, -0.2) is 23.2 Å². The summed E-state index contributed by atoms with van der Waals surface area (Å²) >= 11 is 0. The van der Waals surface area contributed by atoms with E-state index in [1.165, 1.54) is 0 Å². The lowest BCUT2D eigenvalue weighted by Gasteiger charge is -1.97. The summed E-state index contributed by atoms with van der Waals surface area (Å²) in [6.07, 6.45) is -5.08. The molecule has 100 valence electrons. The Morgan fingerprint density at radius 1 is 1.11 bits per heavy atom. The normalized spacial score (nSPS) is 10.3. The highest BCUT2D eigenvalue weighted by molar-refractivity contribution is 5.93. The summed E-state index contributed by atoms with van der Waals surface area (Å²) < 4.78 is 56.9. The molecule has 0 aliphatic heterocycles. The molecule has 0 unspecified atom stereocenters. The van der Waals surface area contributed by atoms with Crippen molar-refractivity contribution in [1.29, 1.82) is 0 Å². The molecule has 0 fully saturated rings. The fraction of sp³-hybridized carbons (Fsp3) is 0.111. The molecule has 0 atom stereocenters. The zero-order valence-corrected chi connectivity index (χ0v) is 8.46. The fourth-order valence-electron chi connectivity index (χ4n) is 0.733. The van der Waals surface area contributed by atoms with Crippen molar-refractivity contribution < 1.29 is 36.6 Å². The molecule has 0 aromatic heterocycles. The van der Waals surface area contributed by atoms with Crippen LogP contribution < -0.4 is 5.73 Å². The Morgan fingerprint density at radius 3 is 1.61 bits per heavy atom. The first kappa shape index (κ1) is 15.8. The van der Waals surface area contributed by atoms with Crippen LogP contribution in [0.4, 0.5) is 22.0 Å². The van der Waals surface area contributed by atoms with Crippen molar-refractivity contribution in [3.63, 3.8) is 0 Å². The van der Waals surface area contributed by atoms with Crippen molar-refractivity contribution in [2.75, 3.05) is 0 Å². The molecule has 0 heterocycles. The second-order valence-electron chi connectivity index (χ2n) is 2.76. The van der Waals surface area contributed by atoms with Crippen LogP contribution in [0.1, 0.15) is 10.4 Å². The maximum absolute atomic E-state index is 12.6. The molecule has 0 spiro atoms. The van der Waals surface area contributed by atoms with Crippen molar-refractivity contribution in [1.82, 2.24) is 0 Å². The second-order valence-corrected chi connectivity index (χ2v) is 2.76. The highest BCUT2D eigenvalue weighted by Crippen LogP contribution is 2.13. The Kier molecular flexibility index (Phi) is 5.22. The Bertz CT molecular complexity index is 438. The van der Waals surface area contributed by atoms with Gasteiger partial charge in [-0.1, -0.05) is 6.07 Å². The van der Waals surface area contributed by atoms with E-state index in [0.29, 0.717) is 0 Å². The van der Waals surface area contributed by atoms with Crippen LogP contribution in [0.2, 0.25) is 0 Å². The smallest absolute Gasteiger partial charge is 0.475 e. The van der Waals surface area contributed by atoms with Crippen molar-refractivity contribution in [2.45, 2.75) is 6.18 Å². The number of hydrogen-bond acceptors (Lipinski definition) is 2. The Labute approximate surface area is 96.8 Å². The average Bonchev–Trinajstić information content (AvgIpc) is 2.15. The standard InChI is InChI=1S/C7H5F2NO.C2HF3O2/c8-4-2-1-3-5(9)6(4)7(10)11;3-2(4,5)1(6)7/h1-3H,(H2,10,11);(H,6,7). The SMILES string of the molecule is NC(=O)c1c(F)cccc1F.O=C(O)C(F)(F)F. The third-order valence-electron chi connectivity index (χ3n) is 1.45. The van der Waals surface area contributed by atoms with E-state index in [1.54, 1.807) is 0 Å². The first-order chi connectivity index (χ1) is 8.07. The van der Waals surface area contributed by atoms with Gasteiger partial charge in [-0.15, -0.1) is 0 Å². The zero-order chi connectivity index (χ0) is 14.5. The summed E-state index contributed by atoms with van der Waals surface area (Å²) in [6, 6.07) is 3.11. The summed E-state index contributed by atoms with van der Waals surface area (Å²) in [6.45, 7) is 0. The van der Waals surface area contributed by atoms with Crippen molar-refractivity contribution in [2.24, 2.45) is 5.73 Å². The van der Waals surface area contributed by atoms with Crippen LogP contribution in [-0.2, 0) is 4.79 Å². The lowest BCUT2D eigenvalue weighted by atomic mass is 10.2. The molecule has 0 aliphatic carbocycles. The predicted molar refractivity (Wildman–Crippen MR) is 48.6 cm³/mol. The van der Waals surface area contributed by atoms with Crippen LogP contribution in [0, 0.1) is 11.6 Å². The van der Waals surface area contributed by atoms with E-state index in [1.807, 2.05) is 0 Å². The Morgan fingerprint density at radius 2 is 1.44 bits per heavy atom. The molecule has 4 nitrogen and oxygen atoms in total. The molecule has 0 radical (unpaired) electrons. The zero-order valence-electron chi connectivity index (χ0n) is 8.46. The number of alkyl halides is 3. The minimum atomic E-state index is -5.08. The van der Waals surface area contributed by atoms with Crippen molar-refractivity contribution in [3.8, 4) is 0 Å². The molecule has 0 aliphatic rings. The summed E-state index contributed by atoms with van der Waals surface area (Å²) in [7, 11) is 0. The molecule has 1 aromatic carbocycles. The molecule has 9 heteroatoms. The molecule has 1 rings (SSSR count). The quantitative estimate of drug-likeness (QED) is 0.763. The summed E-state index contributed by atoms with van der Waals surface area (Å²) in [5.74, 6) is -5.72. The molecule has 18 heavy (non-hydrogen) atoms. The van der Waals surface area contributed by atoms with Gasteiger partial charge in [0.1, 0.15) is 17.2 Å². The number of rotatable bonds is 1. The number of aliphatic carboxylic acids is 1. The summed E-state index contributed by atoms with van der Waals surface area (Å²) in [5.41, 5.74) is 4.01. The van der Waals surface area contributed by atoms with Gasteiger partial charge in [0.15, 0.2) is 0 Å². The van der Waals surface area contributed by atoms with Gasteiger partial charge in [-0.25, -0.2) is 13.6 Å². The summed E-state index contributed by atoms with van der Waals surface area (Å²) in [4.78, 5) is 19.3. The van der Waals surface area contributed by atoms with Gasteiger partial charge in [-0.05, 0) is 12.1 Å². The number of carboxylic acids is 1. The molecule has 0 bridgehead atoms. The van der Waals surface area contributed by atoms with Crippen molar-refractivity contribution >= 4 is 11.9 Å². The lowest BCUT2D eigenvalue weighted by molar-refractivity contribution is -0.192. The lowest BCUT2D eigenvalue weighted by Crippen LogP contribution is -2.21. The van der Waals surface area contributed by atoms with Gasteiger partial charge in [0, 0.05) is 0 Å². The number of carbonyl (C=O) groups is 2. The van der Waals surface area contributed by atoms with Crippen LogP contribution in [0.25, 0.3) is 0 Å². The van der Waals surface area contributed by atoms with Gasteiger partial charge in [0.05, 0.1) is 0 Å². The number of halogens is 5. The summed E-state index contributed by atoms with van der Waals surface area (Å²) in [5, 5.41) is 7.12. The highest BCUT2D eigenvalue weighted by Gasteiger charge is 2.38. The number of amides is 1. The topological polar surface area (TPSA) is 80.4 Å². The molecule has 0 saturated heterocycles. The first-order valence-corrected chi connectivity index (χ1v) is 4.11. The van der Waals surface area contributed by atoms with E-state index < -0.39 is 35.3 Å².